The molecule has 0 atom stereocenters. The summed E-state index contributed by atoms with van der Waals surface area (Å²) in [6.45, 7) is 0.177. The first-order valence-corrected chi connectivity index (χ1v) is 11.3. The van der Waals surface area contributed by atoms with E-state index in [0.29, 0.717) is 4.88 Å². The third-order valence-electron chi connectivity index (χ3n) is 4.14. The van der Waals surface area contributed by atoms with Crippen molar-refractivity contribution in [1.82, 2.24) is 9.21 Å². The SMILES string of the molecule is O=C(OCC(=O)N1CCN(S(=O)(=O)c2ccc(F)cc2)CC1)c1ccc(Br)s1. The lowest BCUT2D eigenvalue weighted by Crippen LogP contribution is -2.51. The first-order valence-electron chi connectivity index (χ1n) is 8.23. The Morgan fingerprint density at radius 2 is 1.71 bits per heavy atom. The Morgan fingerprint density at radius 1 is 1.07 bits per heavy atom. The van der Waals surface area contributed by atoms with Gasteiger partial charge in [-0.05, 0) is 52.3 Å². The molecule has 0 N–H and O–H groups in total. The molecule has 3 rings (SSSR count). The number of carbonyl (C=O) groups is 2. The number of piperazine rings is 1. The van der Waals surface area contributed by atoms with Crippen LogP contribution in [0.5, 0.6) is 0 Å². The van der Waals surface area contributed by atoms with Gasteiger partial charge >= 0.3 is 5.97 Å². The summed E-state index contributed by atoms with van der Waals surface area (Å²) in [5.74, 6) is -1.48. The molecule has 28 heavy (non-hydrogen) atoms. The summed E-state index contributed by atoms with van der Waals surface area (Å²) in [6.07, 6.45) is 0. The van der Waals surface area contributed by atoms with Gasteiger partial charge in [-0.25, -0.2) is 17.6 Å². The highest BCUT2D eigenvalue weighted by Gasteiger charge is 2.30. The van der Waals surface area contributed by atoms with E-state index in [0.717, 1.165) is 15.9 Å². The summed E-state index contributed by atoms with van der Waals surface area (Å²) in [6, 6.07) is 7.92. The lowest BCUT2D eigenvalue weighted by Gasteiger charge is -2.33. The van der Waals surface area contributed by atoms with Gasteiger partial charge in [0.15, 0.2) is 6.61 Å². The lowest BCUT2D eigenvalue weighted by atomic mass is 10.3. The van der Waals surface area contributed by atoms with Gasteiger partial charge in [0.2, 0.25) is 10.0 Å². The van der Waals surface area contributed by atoms with Crippen molar-refractivity contribution in [3.05, 3.63) is 50.9 Å². The van der Waals surface area contributed by atoms with E-state index in [1.54, 1.807) is 12.1 Å². The van der Waals surface area contributed by atoms with Gasteiger partial charge in [-0.15, -0.1) is 11.3 Å². The van der Waals surface area contributed by atoms with Crippen LogP contribution in [0.2, 0.25) is 0 Å². The monoisotopic (exact) mass is 490 g/mol. The lowest BCUT2D eigenvalue weighted by molar-refractivity contribution is -0.135. The number of esters is 1. The van der Waals surface area contributed by atoms with Crippen LogP contribution in [-0.4, -0.2) is 62.3 Å². The number of carbonyl (C=O) groups excluding carboxylic acids is 2. The normalized spacial score (nSPS) is 15.4. The zero-order valence-corrected chi connectivity index (χ0v) is 17.7. The number of sulfonamides is 1. The maximum Gasteiger partial charge on any atom is 0.348 e. The van der Waals surface area contributed by atoms with Gasteiger partial charge in [-0.3, -0.25) is 4.79 Å². The fraction of sp³-hybridized carbons (Fsp3) is 0.294. The summed E-state index contributed by atoms with van der Waals surface area (Å²) in [5.41, 5.74) is 0. The average molecular weight is 491 g/mol. The van der Waals surface area contributed by atoms with Crippen molar-refractivity contribution in [1.29, 1.82) is 0 Å². The Balaban J connectivity index is 1.52. The van der Waals surface area contributed by atoms with Gasteiger partial charge in [0.1, 0.15) is 10.7 Å². The van der Waals surface area contributed by atoms with Crippen LogP contribution in [0.4, 0.5) is 4.39 Å². The number of hydrogen-bond donors (Lipinski definition) is 0. The van der Waals surface area contributed by atoms with Crippen molar-refractivity contribution < 1.29 is 27.1 Å². The van der Waals surface area contributed by atoms with Crippen LogP contribution in [-0.2, 0) is 19.6 Å². The standard InChI is InChI=1S/C17H16BrFN2O5S2/c18-15-6-5-14(27-15)17(23)26-11-16(22)20-7-9-21(10-8-20)28(24,25)13-3-1-12(19)2-4-13/h1-6H,7-11H2. The van der Waals surface area contributed by atoms with Crippen molar-refractivity contribution in [2.24, 2.45) is 0 Å². The second-order valence-corrected chi connectivity index (χ2v) is 10.3. The summed E-state index contributed by atoms with van der Waals surface area (Å²) in [4.78, 5) is 26.0. The number of amides is 1. The molecule has 11 heteroatoms. The minimum absolute atomic E-state index is 0.00437. The van der Waals surface area contributed by atoms with Crippen molar-refractivity contribution >= 4 is 49.2 Å². The molecule has 1 aliphatic heterocycles. The van der Waals surface area contributed by atoms with E-state index < -0.39 is 28.4 Å². The van der Waals surface area contributed by atoms with Gasteiger partial charge < -0.3 is 9.64 Å². The number of nitrogens with zero attached hydrogens (tertiary/aromatic N) is 2. The van der Waals surface area contributed by atoms with Crippen LogP contribution >= 0.6 is 27.3 Å². The predicted octanol–water partition coefficient (Wildman–Crippen LogP) is 2.34. The molecular weight excluding hydrogens is 475 g/mol. The number of ether oxygens (including phenoxy) is 1. The molecule has 2 heterocycles. The Labute approximate surface area is 173 Å². The number of thiophene rings is 1. The zero-order chi connectivity index (χ0) is 20.3. The van der Waals surface area contributed by atoms with Gasteiger partial charge in [-0.1, -0.05) is 0 Å². The van der Waals surface area contributed by atoms with Gasteiger partial charge in [0.05, 0.1) is 8.68 Å². The molecule has 7 nitrogen and oxygen atoms in total. The maximum absolute atomic E-state index is 13.0. The fourth-order valence-electron chi connectivity index (χ4n) is 2.65. The zero-order valence-electron chi connectivity index (χ0n) is 14.5. The van der Waals surface area contributed by atoms with E-state index in [4.69, 9.17) is 4.74 Å². The summed E-state index contributed by atoms with van der Waals surface area (Å²) < 4.78 is 45.2. The Bertz CT molecular complexity index is 970. The Morgan fingerprint density at radius 3 is 2.29 bits per heavy atom. The first-order chi connectivity index (χ1) is 13.3. The van der Waals surface area contributed by atoms with E-state index in [1.807, 2.05) is 0 Å². The molecule has 0 bridgehead atoms. The van der Waals surface area contributed by atoms with Crippen LogP contribution in [0, 0.1) is 5.82 Å². The van der Waals surface area contributed by atoms with Gasteiger partial charge in [0, 0.05) is 26.2 Å². The summed E-state index contributed by atoms with van der Waals surface area (Å²) >= 11 is 4.45. The number of rotatable bonds is 5. The van der Waals surface area contributed by atoms with Crippen molar-refractivity contribution in [3.63, 3.8) is 0 Å². The second-order valence-electron chi connectivity index (χ2n) is 5.92. The third kappa shape index (κ3) is 4.77. The van der Waals surface area contributed by atoms with Crippen molar-refractivity contribution in [2.45, 2.75) is 4.90 Å². The molecule has 1 fully saturated rings. The smallest absolute Gasteiger partial charge is 0.348 e. The first kappa shape index (κ1) is 20.9. The Hall–Kier alpha value is -1.82. The summed E-state index contributed by atoms with van der Waals surface area (Å²) in [5, 5.41) is 0. The van der Waals surface area contributed by atoms with Crippen LogP contribution in [0.3, 0.4) is 0 Å². The van der Waals surface area contributed by atoms with Crippen LogP contribution in [0.15, 0.2) is 45.1 Å². The molecule has 0 aliphatic carbocycles. The molecule has 0 spiro atoms. The van der Waals surface area contributed by atoms with Crippen molar-refractivity contribution in [2.75, 3.05) is 32.8 Å². The predicted molar refractivity (Wildman–Crippen MR) is 104 cm³/mol. The topological polar surface area (TPSA) is 84.0 Å². The molecule has 1 amide bonds. The highest BCUT2D eigenvalue weighted by Crippen LogP contribution is 2.23. The fourth-order valence-corrected chi connectivity index (χ4v) is 5.35. The molecule has 1 saturated heterocycles. The number of benzene rings is 1. The quantitative estimate of drug-likeness (QED) is 0.600. The van der Waals surface area contributed by atoms with Crippen LogP contribution in [0.1, 0.15) is 9.67 Å². The molecule has 150 valence electrons. The Kier molecular flexibility index (Phi) is 6.48. The second kappa shape index (κ2) is 8.68. The number of hydrogen-bond acceptors (Lipinski definition) is 6. The molecule has 0 unspecified atom stereocenters. The van der Waals surface area contributed by atoms with E-state index >= 15 is 0 Å². The largest absolute Gasteiger partial charge is 0.451 e. The third-order valence-corrected chi connectivity index (χ3v) is 7.66. The molecule has 0 radical (unpaired) electrons. The minimum Gasteiger partial charge on any atom is -0.451 e. The molecule has 1 aromatic heterocycles. The van der Waals surface area contributed by atoms with Crippen LogP contribution < -0.4 is 0 Å². The van der Waals surface area contributed by atoms with E-state index in [-0.39, 0.29) is 37.0 Å². The number of halogens is 2. The molecule has 1 aromatic carbocycles. The molecule has 2 aromatic rings. The molecule has 1 aliphatic rings. The highest BCUT2D eigenvalue weighted by atomic mass is 79.9. The van der Waals surface area contributed by atoms with Crippen LogP contribution in [0.25, 0.3) is 0 Å². The highest BCUT2D eigenvalue weighted by molar-refractivity contribution is 9.11. The van der Waals surface area contributed by atoms with Crippen molar-refractivity contribution in [3.8, 4) is 0 Å². The van der Waals surface area contributed by atoms with Gasteiger partial charge in [0.25, 0.3) is 5.91 Å². The van der Waals surface area contributed by atoms with E-state index in [9.17, 15) is 22.4 Å². The minimum atomic E-state index is -3.75. The van der Waals surface area contributed by atoms with Gasteiger partial charge in [-0.2, -0.15) is 4.31 Å². The van der Waals surface area contributed by atoms with E-state index in [1.165, 1.54) is 32.7 Å². The maximum atomic E-state index is 13.0. The molecule has 0 saturated carbocycles. The van der Waals surface area contributed by atoms with E-state index in [2.05, 4.69) is 15.9 Å². The molecular formula is C17H16BrFN2O5S2. The average Bonchev–Trinajstić information content (AvgIpc) is 3.13. The summed E-state index contributed by atoms with van der Waals surface area (Å²) in [7, 11) is -3.75.